The summed E-state index contributed by atoms with van der Waals surface area (Å²) < 4.78 is 8.61. The van der Waals surface area contributed by atoms with Gasteiger partial charge in [-0.2, -0.15) is 0 Å². The number of piperidine rings is 1. The number of benzene rings is 2. The Morgan fingerprint density at radius 3 is 2.57 bits per heavy atom. The van der Waals surface area contributed by atoms with Gasteiger partial charge in [0.2, 0.25) is 0 Å². The molecule has 0 radical (unpaired) electrons. The Hall–Kier alpha value is -2.95. The van der Waals surface area contributed by atoms with Crippen molar-refractivity contribution in [3.8, 4) is 16.9 Å². The van der Waals surface area contributed by atoms with Gasteiger partial charge in [0, 0.05) is 50.1 Å². The van der Waals surface area contributed by atoms with Crippen molar-refractivity contribution < 1.29 is 9.53 Å². The van der Waals surface area contributed by atoms with Crippen LogP contribution in [0.1, 0.15) is 24.8 Å². The first kappa shape index (κ1) is 17.2. The van der Waals surface area contributed by atoms with Crippen LogP contribution in [0.4, 0.5) is 4.79 Å². The molecule has 2 N–H and O–H groups in total. The van der Waals surface area contributed by atoms with Crippen molar-refractivity contribution in [3.63, 3.8) is 0 Å². The number of carbonyl (C=O) groups is 1. The zero-order valence-corrected chi connectivity index (χ0v) is 16.1. The third kappa shape index (κ3) is 2.82. The van der Waals surface area contributed by atoms with E-state index >= 15 is 0 Å². The molecule has 2 aromatic carbocycles. The number of amides is 2. The number of primary amides is 1. The van der Waals surface area contributed by atoms with Crippen LogP contribution in [0.2, 0.25) is 0 Å². The number of rotatable bonds is 1. The summed E-state index contributed by atoms with van der Waals surface area (Å²) in [5.41, 5.74) is 10.2. The van der Waals surface area contributed by atoms with Crippen LogP contribution < -0.4 is 10.5 Å². The van der Waals surface area contributed by atoms with Crippen molar-refractivity contribution in [2.45, 2.75) is 31.3 Å². The van der Waals surface area contributed by atoms with Crippen molar-refractivity contribution in [1.82, 2.24) is 9.47 Å². The molecule has 3 aromatic rings. The molecule has 144 valence electrons. The maximum atomic E-state index is 11.4. The highest BCUT2D eigenvalue weighted by molar-refractivity contribution is 5.85. The van der Waals surface area contributed by atoms with Gasteiger partial charge in [-0.15, -0.1) is 0 Å². The minimum absolute atomic E-state index is 0.149. The number of aromatic nitrogens is 1. The Labute approximate surface area is 164 Å². The number of nitrogens with two attached hydrogens (primary N) is 1. The molecule has 1 fully saturated rings. The molecule has 1 spiro atoms. The van der Waals surface area contributed by atoms with Crippen LogP contribution >= 0.6 is 0 Å². The highest BCUT2D eigenvalue weighted by Gasteiger charge is 2.40. The van der Waals surface area contributed by atoms with Gasteiger partial charge < -0.3 is 19.9 Å². The summed E-state index contributed by atoms with van der Waals surface area (Å²) in [5, 5.41) is 1.26. The molecule has 5 nitrogen and oxygen atoms in total. The molecule has 5 rings (SSSR count). The van der Waals surface area contributed by atoms with Crippen LogP contribution in [0.15, 0.2) is 48.7 Å². The summed E-state index contributed by atoms with van der Waals surface area (Å²) in [7, 11) is 2.07. The predicted molar refractivity (Wildman–Crippen MR) is 110 cm³/mol. The lowest BCUT2D eigenvalue weighted by atomic mass is 9.82. The van der Waals surface area contributed by atoms with Crippen molar-refractivity contribution in [1.29, 1.82) is 0 Å². The molecule has 0 bridgehead atoms. The van der Waals surface area contributed by atoms with Crippen molar-refractivity contribution >= 4 is 16.9 Å². The first-order valence-electron chi connectivity index (χ1n) is 9.95. The minimum Gasteiger partial charge on any atom is -0.487 e. The summed E-state index contributed by atoms with van der Waals surface area (Å²) >= 11 is 0. The smallest absolute Gasteiger partial charge is 0.314 e. The topological polar surface area (TPSA) is 60.5 Å². The molecule has 3 heterocycles. The van der Waals surface area contributed by atoms with Gasteiger partial charge in [0.15, 0.2) is 0 Å². The van der Waals surface area contributed by atoms with Crippen LogP contribution in [0.25, 0.3) is 22.0 Å². The monoisotopic (exact) mass is 375 g/mol. The number of hydrogen-bond donors (Lipinski definition) is 1. The zero-order valence-electron chi connectivity index (χ0n) is 16.1. The van der Waals surface area contributed by atoms with Gasteiger partial charge >= 0.3 is 6.03 Å². The predicted octanol–water partition coefficient (Wildman–Crippen LogP) is 4.08. The number of hydrogen-bond acceptors (Lipinski definition) is 2. The number of fused-ring (bicyclic) bond motifs is 2. The van der Waals surface area contributed by atoms with Gasteiger partial charge in [-0.25, -0.2) is 4.79 Å². The van der Waals surface area contributed by atoms with Crippen LogP contribution in [0.5, 0.6) is 5.75 Å². The van der Waals surface area contributed by atoms with E-state index in [1.54, 1.807) is 4.90 Å². The van der Waals surface area contributed by atoms with Crippen LogP contribution in [0, 0.1) is 0 Å². The third-order valence-electron chi connectivity index (χ3n) is 6.44. The van der Waals surface area contributed by atoms with E-state index in [1.807, 2.05) is 0 Å². The van der Waals surface area contributed by atoms with Crippen molar-refractivity contribution in [2.75, 3.05) is 13.1 Å². The lowest BCUT2D eigenvalue weighted by Crippen LogP contribution is -2.52. The Kier molecular flexibility index (Phi) is 3.86. The van der Waals surface area contributed by atoms with Gasteiger partial charge in [-0.3, -0.25) is 0 Å². The van der Waals surface area contributed by atoms with Gasteiger partial charge in [-0.05, 0) is 59.9 Å². The molecule has 1 aromatic heterocycles. The average molecular weight is 375 g/mol. The van der Waals surface area contributed by atoms with Gasteiger partial charge in [0.05, 0.1) is 0 Å². The highest BCUT2D eigenvalue weighted by Crippen LogP contribution is 2.41. The Morgan fingerprint density at radius 2 is 1.79 bits per heavy atom. The van der Waals surface area contributed by atoms with E-state index in [0.717, 1.165) is 31.4 Å². The van der Waals surface area contributed by atoms with E-state index in [1.165, 1.54) is 27.6 Å². The van der Waals surface area contributed by atoms with Crippen molar-refractivity contribution in [2.24, 2.45) is 12.8 Å². The third-order valence-corrected chi connectivity index (χ3v) is 6.44. The average Bonchev–Trinajstić information content (AvgIpc) is 3.08. The molecule has 28 heavy (non-hydrogen) atoms. The number of likely N-dealkylation sites (tertiary alicyclic amines) is 1. The maximum absolute atomic E-state index is 11.4. The maximum Gasteiger partial charge on any atom is 0.314 e. The molecule has 0 atom stereocenters. The molecule has 0 unspecified atom stereocenters. The largest absolute Gasteiger partial charge is 0.487 e. The van der Waals surface area contributed by atoms with Gasteiger partial charge in [0.1, 0.15) is 11.4 Å². The Morgan fingerprint density at radius 1 is 1.04 bits per heavy atom. The molecule has 2 aliphatic rings. The summed E-state index contributed by atoms with van der Waals surface area (Å²) in [6.07, 6.45) is 5.79. The molecular weight excluding hydrogens is 350 g/mol. The standard InChI is InChI=1S/C23H25N3O2/c1-25-11-7-18-14-16(2-4-20(18)25)17-3-5-21-19(15-17)6-8-23(28-21)9-12-26(13-10-23)22(24)27/h2-5,7,11,14-15H,6,8-10,12-13H2,1H3,(H2,24,27). The quantitative estimate of drug-likeness (QED) is 0.697. The Bertz CT molecular complexity index is 1060. The fourth-order valence-electron chi connectivity index (χ4n) is 4.65. The number of carbonyl (C=O) groups excluding carboxylic acids is 1. The summed E-state index contributed by atoms with van der Waals surface area (Å²) in [6.45, 7) is 1.36. The Balaban J connectivity index is 1.39. The van der Waals surface area contributed by atoms with Gasteiger partial charge in [-0.1, -0.05) is 12.1 Å². The molecule has 5 heteroatoms. The van der Waals surface area contributed by atoms with Crippen LogP contribution in [-0.2, 0) is 13.5 Å². The zero-order chi connectivity index (χ0) is 19.3. The lowest BCUT2D eigenvalue weighted by Gasteiger charge is -2.44. The van der Waals surface area contributed by atoms with E-state index in [9.17, 15) is 4.79 Å². The summed E-state index contributed by atoms with van der Waals surface area (Å²) in [4.78, 5) is 13.1. The number of urea groups is 1. The first-order valence-corrected chi connectivity index (χ1v) is 9.95. The van der Waals surface area contributed by atoms with E-state index in [4.69, 9.17) is 10.5 Å². The fourth-order valence-corrected chi connectivity index (χ4v) is 4.65. The SMILES string of the molecule is Cn1ccc2cc(-c3ccc4c(c3)CCC3(CCN(C(N)=O)CC3)O4)ccc21. The van der Waals surface area contributed by atoms with E-state index in [-0.39, 0.29) is 11.6 Å². The van der Waals surface area contributed by atoms with Crippen LogP contribution in [0.3, 0.4) is 0 Å². The molecule has 2 amide bonds. The second kappa shape index (κ2) is 6.30. The van der Waals surface area contributed by atoms with Crippen LogP contribution in [-0.4, -0.2) is 34.2 Å². The molecule has 0 aliphatic carbocycles. The van der Waals surface area contributed by atoms with E-state index in [2.05, 4.69) is 60.3 Å². The molecule has 2 aliphatic heterocycles. The molecule has 0 saturated carbocycles. The minimum atomic E-state index is -0.328. The van der Waals surface area contributed by atoms with E-state index in [0.29, 0.717) is 13.1 Å². The highest BCUT2D eigenvalue weighted by atomic mass is 16.5. The molecule has 1 saturated heterocycles. The van der Waals surface area contributed by atoms with Gasteiger partial charge in [0.25, 0.3) is 0 Å². The number of aryl methyl sites for hydroxylation is 2. The van der Waals surface area contributed by atoms with Crippen molar-refractivity contribution in [3.05, 3.63) is 54.2 Å². The first-order chi connectivity index (χ1) is 13.5. The lowest BCUT2D eigenvalue weighted by molar-refractivity contribution is -0.00471. The summed E-state index contributed by atoms with van der Waals surface area (Å²) in [6, 6.07) is 15.0. The number of nitrogens with zero attached hydrogens (tertiary/aromatic N) is 2. The number of ether oxygens (including phenoxy) is 1. The fraction of sp³-hybridized carbons (Fsp3) is 0.348. The van der Waals surface area contributed by atoms with E-state index < -0.39 is 0 Å². The normalized spacial score (nSPS) is 18.1. The second-order valence-corrected chi connectivity index (χ2v) is 8.13. The summed E-state index contributed by atoms with van der Waals surface area (Å²) in [5.74, 6) is 0.989. The molecular formula is C23H25N3O2. The second-order valence-electron chi connectivity index (χ2n) is 8.13.